The molecule has 0 spiro atoms. The highest BCUT2D eigenvalue weighted by molar-refractivity contribution is 5.53. The minimum atomic E-state index is -0.530. The molecule has 3 heterocycles. The minimum Gasteiger partial charge on any atom is -0.483 e. The maximum absolute atomic E-state index is 10.2. The van der Waals surface area contributed by atoms with Crippen molar-refractivity contribution in [2.45, 2.75) is 18.6 Å². The zero-order valence-corrected chi connectivity index (χ0v) is 14.5. The summed E-state index contributed by atoms with van der Waals surface area (Å²) in [6.07, 6.45) is 3.28. The van der Waals surface area contributed by atoms with Crippen LogP contribution in [0, 0.1) is 0 Å². The van der Waals surface area contributed by atoms with Gasteiger partial charge >= 0.3 is 0 Å². The van der Waals surface area contributed by atoms with Gasteiger partial charge in [-0.2, -0.15) is 10.1 Å². The Morgan fingerprint density at radius 2 is 2.12 bits per heavy atom. The molecule has 26 heavy (non-hydrogen) atoms. The Morgan fingerprint density at radius 1 is 1.27 bits per heavy atom. The van der Waals surface area contributed by atoms with Crippen LogP contribution in [0.15, 0.2) is 47.2 Å². The number of ether oxygens (including phenoxy) is 1. The van der Waals surface area contributed by atoms with Crippen molar-refractivity contribution in [3.8, 4) is 17.1 Å². The van der Waals surface area contributed by atoms with E-state index in [4.69, 9.17) is 9.26 Å². The third kappa shape index (κ3) is 3.76. The van der Waals surface area contributed by atoms with E-state index in [0.29, 0.717) is 37.0 Å². The molecule has 136 valence electrons. The Kier molecular flexibility index (Phi) is 4.68. The molecule has 1 saturated heterocycles. The van der Waals surface area contributed by atoms with Crippen molar-refractivity contribution in [2.75, 3.05) is 19.6 Å². The number of benzene rings is 1. The first-order chi connectivity index (χ1) is 12.7. The van der Waals surface area contributed by atoms with Gasteiger partial charge in [0.25, 0.3) is 0 Å². The summed E-state index contributed by atoms with van der Waals surface area (Å²) in [6.45, 7) is 1.93. The maximum atomic E-state index is 10.2. The quantitative estimate of drug-likeness (QED) is 0.709. The average molecular weight is 355 g/mol. The van der Waals surface area contributed by atoms with E-state index in [9.17, 15) is 5.11 Å². The van der Waals surface area contributed by atoms with Gasteiger partial charge in [-0.25, -0.2) is 0 Å². The Balaban J connectivity index is 1.31. The zero-order chi connectivity index (χ0) is 17.9. The smallest absolute Gasteiger partial charge is 0.228 e. The van der Waals surface area contributed by atoms with Gasteiger partial charge in [-0.3, -0.25) is 9.58 Å². The molecule has 4 rings (SSSR count). The van der Waals surface area contributed by atoms with Gasteiger partial charge in [-0.05, 0) is 0 Å². The molecule has 0 amide bonds. The number of nitrogens with zero attached hydrogens (tertiary/aromatic N) is 5. The Bertz CT molecular complexity index is 847. The average Bonchev–Trinajstić information content (AvgIpc) is 3.36. The topological polar surface area (TPSA) is 89.4 Å². The lowest BCUT2D eigenvalue weighted by Crippen LogP contribution is -2.30. The molecule has 1 aliphatic rings. The Hall–Kier alpha value is -2.71. The second kappa shape index (κ2) is 7.27. The molecule has 0 aliphatic carbocycles. The molecule has 0 radical (unpaired) electrons. The van der Waals surface area contributed by atoms with Gasteiger partial charge in [0.15, 0.2) is 5.75 Å². The van der Waals surface area contributed by atoms with E-state index in [1.807, 2.05) is 37.4 Å². The van der Waals surface area contributed by atoms with Crippen LogP contribution in [0.5, 0.6) is 5.75 Å². The van der Waals surface area contributed by atoms with Gasteiger partial charge in [-0.15, -0.1) is 0 Å². The van der Waals surface area contributed by atoms with E-state index < -0.39 is 6.10 Å². The second-order valence-electron chi connectivity index (χ2n) is 6.46. The normalized spacial score (nSPS) is 20.5. The Labute approximate surface area is 151 Å². The van der Waals surface area contributed by atoms with Crippen LogP contribution < -0.4 is 4.74 Å². The van der Waals surface area contributed by atoms with Crippen molar-refractivity contribution < 1.29 is 14.4 Å². The van der Waals surface area contributed by atoms with Crippen LogP contribution in [-0.2, 0) is 13.5 Å². The summed E-state index contributed by atoms with van der Waals surface area (Å²) in [5.41, 5.74) is 0.934. The number of hydrogen-bond donors (Lipinski definition) is 1. The van der Waals surface area contributed by atoms with Crippen LogP contribution in [-0.4, -0.2) is 61.8 Å². The largest absolute Gasteiger partial charge is 0.483 e. The van der Waals surface area contributed by atoms with Crippen LogP contribution in [0.3, 0.4) is 0 Å². The summed E-state index contributed by atoms with van der Waals surface area (Å²) < 4.78 is 12.8. The summed E-state index contributed by atoms with van der Waals surface area (Å²) in [4.78, 5) is 6.58. The van der Waals surface area contributed by atoms with Crippen LogP contribution in [0.4, 0.5) is 0 Å². The first-order valence-corrected chi connectivity index (χ1v) is 8.61. The van der Waals surface area contributed by atoms with Crippen molar-refractivity contribution >= 4 is 0 Å². The lowest BCUT2D eigenvalue weighted by Gasteiger charge is -2.15. The van der Waals surface area contributed by atoms with Crippen LogP contribution >= 0.6 is 0 Å². The van der Waals surface area contributed by atoms with E-state index in [0.717, 1.165) is 12.1 Å². The fraction of sp³-hybridized carbons (Fsp3) is 0.389. The van der Waals surface area contributed by atoms with E-state index in [-0.39, 0.29) is 6.10 Å². The van der Waals surface area contributed by atoms with Gasteiger partial charge in [-0.1, -0.05) is 35.5 Å². The zero-order valence-electron chi connectivity index (χ0n) is 14.5. The number of aryl methyl sites for hydroxylation is 1. The molecule has 2 atom stereocenters. The summed E-state index contributed by atoms with van der Waals surface area (Å²) in [5, 5.41) is 18.3. The lowest BCUT2D eigenvalue weighted by molar-refractivity contribution is 0.0736. The molecule has 1 aromatic carbocycles. The number of hydrogen-bond acceptors (Lipinski definition) is 7. The second-order valence-corrected chi connectivity index (χ2v) is 6.46. The molecule has 2 aromatic heterocycles. The number of likely N-dealkylation sites (tertiary alicyclic amines) is 1. The number of aliphatic hydroxyl groups excluding tert-OH is 1. The fourth-order valence-corrected chi connectivity index (χ4v) is 3.08. The highest BCUT2D eigenvalue weighted by Gasteiger charge is 2.33. The van der Waals surface area contributed by atoms with E-state index in [2.05, 4.69) is 20.1 Å². The Morgan fingerprint density at radius 3 is 2.88 bits per heavy atom. The molecule has 8 nitrogen and oxygen atoms in total. The van der Waals surface area contributed by atoms with Gasteiger partial charge in [0, 0.05) is 38.7 Å². The molecular formula is C18H21N5O3. The van der Waals surface area contributed by atoms with Crippen LogP contribution in [0.1, 0.15) is 5.89 Å². The van der Waals surface area contributed by atoms with E-state index in [1.165, 1.54) is 0 Å². The standard InChI is InChI=1S/C18H21N5O3/c1-22-10-14(9-19-22)25-16-12-23(11-15(16)24)8-7-17-20-18(21-26-17)13-5-3-2-4-6-13/h2-6,9-10,15-16,24H,7-8,11-12H2,1H3/t15-,16-/m1/s1. The molecule has 8 heteroatoms. The van der Waals surface area contributed by atoms with Gasteiger partial charge in [0.1, 0.15) is 12.2 Å². The molecule has 3 aromatic rings. The van der Waals surface area contributed by atoms with Gasteiger partial charge < -0.3 is 14.4 Å². The number of aliphatic hydroxyl groups is 1. The number of β-amino-alcohol motifs (C(OH)–C–C–N with tert-alkyl or cyclic N) is 1. The minimum absolute atomic E-state index is 0.262. The molecule has 0 bridgehead atoms. The molecule has 1 fully saturated rings. The lowest BCUT2D eigenvalue weighted by atomic mass is 10.2. The summed E-state index contributed by atoms with van der Waals surface area (Å²) in [6, 6.07) is 9.74. The maximum Gasteiger partial charge on any atom is 0.228 e. The highest BCUT2D eigenvalue weighted by Crippen LogP contribution is 2.19. The molecule has 0 unspecified atom stereocenters. The van der Waals surface area contributed by atoms with E-state index in [1.54, 1.807) is 17.1 Å². The summed E-state index contributed by atoms with van der Waals surface area (Å²) in [5.74, 6) is 1.86. The molecular weight excluding hydrogens is 334 g/mol. The first-order valence-electron chi connectivity index (χ1n) is 8.61. The number of rotatable bonds is 6. The van der Waals surface area contributed by atoms with Gasteiger partial charge in [0.2, 0.25) is 11.7 Å². The summed E-state index contributed by atoms with van der Waals surface area (Å²) >= 11 is 0. The fourth-order valence-electron chi connectivity index (χ4n) is 3.08. The third-order valence-corrected chi connectivity index (χ3v) is 4.42. The molecule has 0 saturated carbocycles. The monoisotopic (exact) mass is 355 g/mol. The van der Waals surface area contributed by atoms with Crippen molar-refractivity contribution in [2.24, 2.45) is 7.05 Å². The third-order valence-electron chi connectivity index (χ3n) is 4.42. The van der Waals surface area contributed by atoms with Crippen LogP contribution in [0.2, 0.25) is 0 Å². The highest BCUT2D eigenvalue weighted by atomic mass is 16.5. The first kappa shape index (κ1) is 16.7. The summed E-state index contributed by atoms with van der Waals surface area (Å²) in [7, 11) is 1.83. The van der Waals surface area contributed by atoms with Crippen LogP contribution in [0.25, 0.3) is 11.4 Å². The number of aromatic nitrogens is 4. The predicted molar refractivity (Wildman–Crippen MR) is 93.5 cm³/mol. The molecule has 1 N–H and O–H groups in total. The van der Waals surface area contributed by atoms with Crippen molar-refractivity contribution in [3.63, 3.8) is 0 Å². The molecule has 1 aliphatic heterocycles. The predicted octanol–water partition coefficient (Wildman–Crippen LogP) is 1.14. The van der Waals surface area contributed by atoms with Crippen molar-refractivity contribution in [1.29, 1.82) is 0 Å². The van der Waals surface area contributed by atoms with Crippen molar-refractivity contribution in [3.05, 3.63) is 48.6 Å². The SMILES string of the molecule is Cn1cc(O[C@@H]2CN(CCc3nc(-c4ccccc4)no3)C[C@H]2O)cn1. The van der Waals surface area contributed by atoms with Crippen molar-refractivity contribution in [1.82, 2.24) is 24.8 Å². The van der Waals surface area contributed by atoms with Gasteiger partial charge in [0.05, 0.1) is 12.4 Å². The van der Waals surface area contributed by atoms with E-state index >= 15 is 0 Å².